The summed E-state index contributed by atoms with van der Waals surface area (Å²) < 4.78 is 17.2. The summed E-state index contributed by atoms with van der Waals surface area (Å²) in [5, 5.41) is 8.18. The summed E-state index contributed by atoms with van der Waals surface area (Å²) in [5.74, 6) is 2.32. The van der Waals surface area contributed by atoms with Crippen molar-refractivity contribution in [1.29, 1.82) is 0 Å². The van der Waals surface area contributed by atoms with Crippen molar-refractivity contribution in [1.82, 2.24) is 14.8 Å². The maximum atomic E-state index is 13.2. The number of furan rings is 1. The first kappa shape index (κ1) is 21.5. The number of methoxy groups -OCH3 is 2. The summed E-state index contributed by atoms with van der Waals surface area (Å²) in [5.41, 5.74) is 1.50. The topological polar surface area (TPSA) is 91.4 Å². The van der Waals surface area contributed by atoms with E-state index in [-0.39, 0.29) is 12.3 Å². The van der Waals surface area contributed by atoms with E-state index >= 15 is 0 Å². The molecule has 0 unspecified atom stereocenters. The van der Waals surface area contributed by atoms with Gasteiger partial charge in [-0.25, -0.2) is 0 Å². The average molecular weight is 453 g/mol. The molecular formula is C23H21ClN4O4. The molecular weight excluding hydrogens is 432 g/mol. The highest BCUT2D eigenvalue weighted by Crippen LogP contribution is 2.28. The van der Waals surface area contributed by atoms with E-state index in [0.717, 1.165) is 11.1 Å². The molecule has 0 aliphatic rings. The maximum Gasteiger partial charge on any atom is 0.254 e. The SMILES string of the molecule is COc1ccc(CC(=O)n2nc(-c3ccc(Cl)cc3)nc2NCc2ccco2)cc1OC. The molecule has 2 aromatic carbocycles. The van der Waals surface area contributed by atoms with E-state index in [2.05, 4.69) is 15.4 Å². The van der Waals surface area contributed by atoms with Gasteiger partial charge in [-0.2, -0.15) is 9.67 Å². The molecule has 164 valence electrons. The van der Waals surface area contributed by atoms with Crippen LogP contribution in [-0.2, 0) is 13.0 Å². The van der Waals surface area contributed by atoms with Crippen LogP contribution in [-0.4, -0.2) is 34.9 Å². The summed E-state index contributed by atoms with van der Waals surface area (Å²) in [6.07, 6.45) is 1.68. The molecule has 0 aliphatic heterocycles. The molecule has 2 heterocycles. The smallest absolute Gasteiger partial charge is 0.254 e. The molecule has 1 N–H and O–H groups in total. The Morgan fingerprint density at radius 3 is 2.56 bits per heavy atom. The van der Waals surface area contributed by atoms with Crippen molar-refractivity contribution in [3.05, 3.63) is 77.2 Å². The molecule has 0 atom stereocenters. The third-order valence-corrected chi connectivity index (χ3v) is 5.00. The van der Waals surface area contributed by atoms with Crippen LogP contribution < -0.4 is 14.8 Å². The van der Waals surface area contributed by atoms with Crippen LogP contribution in [0.3, 0.4) is 0 Å². The van der Waals surface area contributed by atoms with Gasteiger partial charge in [-0.1, -0.05) is 17.7 Å². The van der Waals surface area contributed by atoms with Crippen molar-refractivity contribution in [3.63, 3.8) is 0 Å². The highest BCUT2D eigenvalue weighted by atomic mass is 35.5. The minimum absolute atomic E-state index is 0.0964. The Morgan fingerprint density at radius 1 is 1.09 bits per heavy atom. The molecule has 0 saturated carbocycles. The van der Waals surface area contributed by atoms with E-state index in [1.807, 2.05) is 12.1 Å². The summed E-state index contributed by atoms with van der Waals surface area (Å²) in [6.45, 7) is 0.357. The van der Waals surface area contributed by atoms with Crippen LogP contribution >= 0.6 is 11.6 Å². The molecule has 0 spiro atoms. The van der Waals surface area contributed by atoms with Gasteiger partial charge in [-0.05, 0) is 54.1 Å². The summed E-state index contributed by atoms with van der Waals surface area (Å²) in [4.78, 5) is 17.7. The number of nitrogens with one attached hydrogen (secondary N) is 1. The zero-order valence-electron chi connectivity index (χ0n) is 17.5. The van der Waals surface area contributed by atoms with Crippen molar-refractivity contribution in [3.8, 4) is 22.9 Å². The molecule has 9 heteroatoms. The molecule has 32 heavy (non-hydrogen) atoms. The first-order valence-electron chi connectivity index (χ1n) is 9.80. The number of aromatic nitrogens is 3. The Balaban J connectivity index is 1.62. The van der Waals surface area contributed by atoms with Crippen molar-refractivity contribution >= 4 is 23.5 Å². The molecule has 4 rings (SSSR count). The van der Waals surface area contributed by atoms with Crippen molar-refractivity contribution in [2.24, 2.45) is 0 Å². The lowest BCUT2D eigenvalue weighted by Gasteiger charge is -2.10. The zero-order chi connectivity index (χ0) is 22.5. The number of carbonyl (C=O) groups is 1. The average Bonchev–Trinajstić information content (AvgIpc) is 3.48. The standard InChI is InChI=1S/C23H21ClN4O4/c1-30-19-10-5-15(12-20(19)31-2)13-21(29)28-23(25-14-18-4-3-11-32-18)26-22(27-28)16-6-8-17(24)9-7-16/h3-12H,13-14H2,1-2H3,(H,25,26,27). The molecule has 0 aliphatic carbocycles. The quantitative estimate of drug-likeness (QED) is 0.414. The van der Waals surface area contributed by atoms with Crippen molar-refractivity contribution < 1.29 is 18.7 Å². The fourth-order valence-electron chi connectivity index (χ4n) is 3.14. The van der Waals surface area contributed by atoms with Crippen LogP contribution in [0.5, 0.6) is 11.5 Å². The second kappa shape index (κ2) is 9.57. The lowest BCUT2D eigenvalue weighted by molar-refractivity contribution is 0.0901. The number of nitrogens with zero attached hydrogens (tertiary/aromatic N) is 3. The monoisotopic (exact) mass is 452 g/mol. The fraction of sp³-hybridized carbons (Fsp3) is 0.174. The number of ether oxygens (including phenoxy) is 2. The maximum absolute atomic E-state index is 13.2. The normalized spacial score (nSPS) is 10.7. The first-order valence-corrected chi connectivity index (χ1v) is 10.2. The first-order chi connectivity index (χ1) is 15.6. The number of benzene rings is 2. The molecule has 8 nitrogen and oxygen atoms in total. The number of rotatable bonds is 8. The molecule has 4 aromatic rings. The lowest BCUT2D eigenvalue weighted by Crippen LogP contribution is -2.18. The number of carbonyl (C=O) groups excluding carboxylic acids is 1. The summed E-state index contributed by atoms with van der Waals surface area (Å²) >= 11 is 5.99. The van der Waals surface area contributed by atoms with E-state index in [4.69, 9.17) is 25.5 Å². The van der Waals surface area contributed by atoms with E-state index in [0.29, 0.717) is 40.6 Å². The van der Waals surface area contributed by atoms with Gasteiger partial charge in [0.25, 0.3) is 5.91 Å². The van der Waals surface area contributed by atoms with Gasteiger partial charge in [0, 0.05) is 10.6 Å². The van der Waals surface area contributed by atoms with Gasteiger partial charge in [0.05, 0.1) is 33.4 Å². The number of hydrogen-bond donors (Lipinski definition) is 1. The number of hydrogen-bond acceptors (Lipinski definition) is 7. The third-order valence-electron chi connectivity index (χ3n) is 4.75. The highest BCUT2D eigenvalue weighted by Gasteiger charge is 2.19. The number of halogens is 1. The van der Waals surface area contributed by atoms with E-state index in [1.54, 1.807) is 62.9 Å². The Morgan fingerprint density at radius 2 is 1.88 bits per heavy atom. The van der Waals surface area contributed by atoms with Gasteiger partial charge < -0.3 is 19.2 Å². The van der Waals surface area contributed by atoms with Crippen LogP contribution in [0.15, 0.2) is 65.3 Å². The van der Waals surface area contributed by atoms with E-state index < -0.39 is 0 Å². The minimum atomic E-state index is -0.258. The molecule has 0 amide bonds. The Hall–Kier alpha value is -3.78. The summed E-state index contributed by atoms with van der Waals surface area (Å²) in [6, 6.07) is 16.1. The van der Waals surface area contributed by atoms with Crippen molar-refractivity contribution in [2.75, 3.05) is 19.5 Å². The molecule has 0 saturated heterocycles. The fourth-order valence-corrected chi connectivity index (χ4v) is 3.27. The van der Waals surface area contributed by atoms with Gasteiger partial charge in [-0.15, -0.1) is 5.10 Å². The highest BCUT2D eigenvalue weighted by molar-refractivity contribution is 6.30. The van der Waals surface area contributed by atoms with Gasteiger partial charge in [-0.3, -0.25) is 4.79 Å². The second-order valence-corrected chi connectivity index (χ2v) is 7.31. The molecule has 0 bridgehead atoms. The van der Waals surface area contributed by atoms with Crippen LogP contribution in [0.2, 0.25) is 5.02 Å². The third kappa shape index (κ3) is 4.76. The van der Waals surface area contributed by atoms with Gasteiger partial charge >= 0.3 is 0 Å². The Bertz CT molecular complexity index is 1200. The van der Waals surface area contributed by atoms with E-state index in [1.165, 1.54) is 4.68 Å². The van der Waals surface area contributed by atoms with Gasteiger partial charge in [0.1, 0.15) is 5.76 Å². The zero-order valence-corrected chi connectivity index (χ0v) is 18.3. The van der Waals surface area contributed by atoms with Crippen LogP contribution in [0.25, 0.3) is 11.4 Å². The Labute approximate surface area is 189 Å². The largest absolute Gasteiger partial charge is 0.493 e. The summed E-state index contributed by atoms with van der Waals surface area (Å²) in [7, 11) is 3.11. The van der Waals surface area contributed by atoms with E-state index in [9.17, 15) is 4.79 Å². The predicted octanol–water partition coefficient (Wildman–Crippen LogP) is 4.70. The Kier molecular flexibility index (Phi) is 6.42. The molecule has 0 radical (unpaired) electrons. The van der Waals surface area contributed by atoms with Crippen LogP contribution in [0, 0.1) is 0 Å². The number of anilines is 1. The lowest BCUT2D eigenvalue weighted by atomic mass is 10.1. The van der Waals surface area contributed by atoms with Gasteiger partial charge in [0.2, 0.25) is 5.95 Å². The predicted molar refractivity (Wildman–Crippen MR) is 120 cm³/mol. The van der Waals surface area contributed by atoms with Crippen LogP contribution in [0.1, 0.15) is 16.1 Å². The molecule has 2 aromatic heterocycles. The molecule has 0 fully saturated rings. The van der Waals surface area contributed by atoms with Gasteiger partial charge in [0.15, 0.2) is 17.3 Å². The minimum Gasteiger partial charge on any atom is -0.493 e. The van der Waals surface area contributed by atoms with Crippen molar-refractivity contribution in [2.45, 2.75) is 13.0 Å². The second-order valence-electron chi connectivity index (χ2n) is 6.87. The van der Waals surface area contributed by atoms with Crippen LogP contribution in [0.4, 0.5) is 5.95 Å².